The minimum absolute atomic E-state index is 0.269. The van der Waals surface area contributed by atoms with Crippen LogP contribution < -0.4 is 15.9 Å². The van der Waals surface area contributed by atoms with Gasteiger partial charge in [-0.25, -0.2) is 14.4 Å². The van der Waals surface area contributed by atoms with E-state index in [0.29, 0.717) is 27.5 Å². The first-order valence-corrected chi connectivity index (χ1v) is 12.3. The van der Waals surface area contributed by atoms with Crippen molar-refractivity contribution in [1.29, 1.82) is 0 Å². The van der Waals surface area contributed by atoms with Crippen molar-refractivity contribution >= 4 is 11.4 Å². The number of anilines is 1. The van der Waals surface area contributed by atoms with Crippen LogP contribution in [-0.4, -0.2) is 42.5 Å². The van der Waals surface area contributed by atoms with Crippen LogP contribution in [0.1, 0.15) is 29.7 Å². The predicted molar refractivity (Wildman–Crippen MR) is 140 cm³/mol. The minimum Gasteiger partial charge on any atom is -0.353 e. The molecule has 0 aliphatic carbocycles. The Labute approximate surface area is 214 Å². The molecule has 0 aromatic carbocycles. The van der Waals surface area contributed by atoms with Gasteiger partial charge in [-0.1, -0.05) is 6.58 Å². The third-order valence-corrected chi connectivity index (χ3v) is 6.89. The first-order chi connectivity index (χ1) is 18.0. The summed E-state index contributed by atoms with van der Waals surface area (Å²) in [5.74, 6) is -0.414. The highest BCUT2D eigenvalue weighted by Crippen LogP contribution is 2.26. The smallest absolute Gasteiger partial charge is 0.161 e. The third-order valence-electron chi connectivity index (χ3n) is 6.89. The molecule has 4 aromatic rings. The maximum absolute atomic E-state index is 15.8. The van der Waals surface area contributed by atoms with E-state index in [0.717, 1.165) is 47.8 Å². The number of aryl methyl sites for hydroxylation is 1. The van der Waals surface area contributed by atoms with Gasteiger partial charge in [0, 0.05) is 30.7 Å². The topological polar surface area (TPSA) is 84.1 Å². The number of imidazole rings is 1. The Kier molecular flexibility index (Phi) is 5.84. The van der Waals surface area contributed by atoms with Gasteiger partial charge in [-0.3, -0.25) is 19.9 Å². The van der Waals surface area contributed by atoms with Crippen LogP contribution >= 0.6 is 0 Å². The summed E-state index contributed by atoms with van der Waals surface area (Å²) in [7, 11) is 0. The van der Waals surface area contributed by atoms with Crippen molar-refractivity contribution in [2.75, 3.05) is 18.4 Å². The van der Waals surface area contributed by atoms with Gasteiger partial charge < -0.3 is 9.88 Å². The number of nitrogens with one attached hydrogen (secondary N) is 1. The van der Waals surface area contributed by atoms with E-state index in [1.165, 1.54) is 12.8 Å². The van der Waals surface area contributed by atoms with E-state index in [4.69, 9.17) is 0 Å². The number of aromatic nitrogens is 5. The zero-order valence-electron chi connectivity index (χ0n) is 20.9. The fourth-order valence-electron chi connectivity index (χ4n) is 4.91. The lowest BCUT2D eigenvalue weighted by atomic mass is 10.1. The highest BCUT2D eigenvalue weighted by Gasteiger charge is 2.21. The summed E-state index contributed by atoms with van der Waals surface area (Å²) in [4.78, 5) is 24.3. The van der Waals surface area contributed by atoms with Crippen LogP contribution in [0.3, 0.4) is 0 Å². The number of fused-ring (bicyclic) bond motifs is 1. The minimum atomic E-state index is -0.414. The van der Waals surface area contributed by atoms with Crippen molar-refractivity contribution < 1.29 is 4.39 Å². The lowest BCUT2D eigenvalue weighted by Crippen LogP contribution is -2.40. The van der Waals surface area contributed by atoms with Crippen molar-refractivity contribution in [3.8, 4) is 16.9 Å². The molecule has 1 fully saturated rings. The Balaban J connectivity index is 1.30. The normalized spacial score (nSPS) is 14.7. The molecule has 1 saturated heterocycles. The molecule has 1 N–H and O–H groups in total. The first kappa shape index (κ1) is 23.2. The predicted octanol–water partition coefficient (Wildman–Crippen LogP) is 3.44. The third kappa shape index (κ3) is 4.31. The van der Waals surface area contributed by atoms with Crippen LogP contribution in [0.15, 0.2) is 66.8 Å². The molecule has 0 unspecified atom stereocenters. The van der Waals surface area contributed by atoms with Crippen LogP contribution in [0.5, 0.6) is 0 Å². The average Bonchev–Trinajstić information content (AvgIpc) is 3.53. The van der Waals surface area contributed by atoms with E-state index in [9.17, 15) is 0 Å². The molecular formula is C28H27FN8. The Bertz CT molecular complexity index is 1650. The van der Waals surface area contributed by atoms with Gasteiger partial charge in [-0.15, -0.1) is 0 Å². The van der Waals surface area contributed by atoms with Crippen LogP contribution in [-0.2, 0) is 6.54 Å². The lowest BCUT2D eigenvalue weighted by molar-refractivity contribution is 0.331. The summed E-state index contributed by atoms with van der Waals surface area (Å²) in [5.41, 5.74) is 6.49. The molecule has 2 aliphatic rings. The molecule has 6 heterocycles. The second kappa shape index (κ2) is 9.33. The fourth-order valence-corrected chi connectivity index (χ4v) is 4.91. The molecule has 9 heteroatoms. The van der Waals surface area contributed by atoms with Crippen LogP contribution in [0, 0.1) is 19.7 Å². The second-order valence-corrected chi connectivity index (χ2v) is 9.56. The van der Waals surface area contributed by atoms with Gasteiger partial charge in [0.2, 0.25) is 0 Å². The van der Waals surface area contributed by atoms with Crippen molar-refractivity contribution in [2.45, 2.75) is 33.2 Å². The molecule has 0 radical (unpaired) electrons. The highest BCUT2D eigenvalue weighted by atomic mass is 19.1. The van der Waals surface area contributed by atoms with Crippen LogP contribution in [0.4, 0.5) is 10.1 Å². The average molecular weight is 495 g/mol. The summed E-state index contributed by atoms with van der Waals surface area (Å²) >= 11 is 0. The number of likely N-dealkylation sites (tertiary alicyclic amines) is 1. The maximum Gasteiger partial charge on any atom is 0.161 e. The molecule has 2 aliphatic heterocycles. The summed E-state index contributed by atoms with van der Waals surface area (Å²) in [6, 6.07) is 1.98. The zero-order chi connectivity index (χ0) is 25.5. The van der Waals surface area contributed by atoms with Crippen molar-refractivity contribution in [3.63, 3.8) is 0 Å². The number of hydrogen-bond acceptors (Lipinski definition) is 7. The summed E-state index contributed by atoms with van der Waals surface area (Å²) < 4.78 is 17.7. The van der Waals surface area contributed by atoms with Crippen LogP contribution in [0.2, 0.25) is 0 Å². The fraction of sp³-hybridized carbons (Fsp3) is 0.250. The number of nitrogens with zero attached hydrogens (tertiary/aromatic N) is 7. The molecule has 0 amide bonds. The zero-order valence-corrected chi connectivity index (χ0v) is 20.9. The Morgan fingerprint density at radius 2 is 1.86 bits per heavy atom. The van der Waals surface area contributed by atoms with E-state index in [1.54, 1.807) is 31.1 Å². The van der Waals surface area contributed by atoms with E-state index in [1.807, 2.05) is 36.9 Å². The summed E-state index contributed by atoms with van der Waals surface area (Å²) in [5, 5.41) is 4.21. The summed E-state index contributed by atoms with van der Waals surface area (Å²) in [6.07, 6.45) is 14.7. The van der Waals surface area contributed by atoms with Gasteiger partial charge in [-0.05, 0) is 57.0 Å². The van der Waals surface area contributed by atoms with Gasteiger partial charge in [0.25, 0.3) is 0 Å². The molecule has 0 atom stereocenters. The van der Waals surface area contributed by atoms with Crippen LogP contribution in [0.25, 0.3) is 22.6 Å². The van der Waals surface area contributed by atoms with Gasteiger partial charge in [0.15, 0.2) is 5.82 Å². The second-order valence-electron chi connectivity index (χ2n) is 9.56. The van der Waals surface area contributed by atoms with Crippen molar-refractivity contribution in [1.82, 2.24) is 29.4 Å². The SMILES string of the molecule is C=C(Nc1cncc(-n2cnc(C)c2)c1C)C1=c2c(F)c(-c3cncc(CN4CCCC4)c3)ncc2=N1. The molecule has 37 heavy (non-hydrogen) atoms. The Morgan fingerprint density at radius 1 is 1.05 bits per heavy atom. The number of rotatable bonds is 7. The molecule has 0 bridgehead atoms. The molecule has 0 spiro atoms. The molecular weight excluding hydrogens is 467 g/mol. The number of halogens is 1. The monoisotopic (exact) mass is 494 g/mol. The Hall–Kier alpha value is -4.24. The molecule has 4 aromatic heterocycles. The van der Waals surface area contributed by atoms with E-state index in [-0.39, 0.29) is 5.69 Å². The van der Waals surface area contributed by atoms with E-state index in [2.05, 4.69) is 41.7 Å². The largest absolute Gasteiger partial charge is 0.353 e. The van der Waals surface area contributed by atoms with Gasteiger partial charge in [0.05, 0.1) is 64.0 Å². The van der Waals surface area contributed by atoms with Crippen molar-refractivity contribution in [3.05, 3.63) is 95.1 Å². The molecule has 6 rings (SSSR count). The molecule has 8 nitrogen and oxygen atoms in total. The van der Waals surface area contributed by atoms with Gasteiger partial charge in [0.1, 0.15) is 5.69 Å². The van der Waals surface area contributed by atoms with E-state index >= 15 is 4.39 Å². The van der Waals surface area contributed by atoms with Gasteiger partial charge >= 0.3 is 0 Å². The van der Waals surface area contributed by atoms with Gasteiger partial charge in [-0.2, -0.15) is 0 Å². The quantitative estimate of drug-likeness (QED) is 0.424. The van der Waals surface area contributed by atoms with E-state index < -0.39 is 5.82 Å². The lowest BCUT2D eigenvalue weighted by Gasteiger charge is -2.18. The number of hydrogen-bond donors (Lipinski definition) is 1. The molecule has 0 saturated carbocycles. The summed E-state index contributed by atoms with van der Waals surface area (Å²) in [6.45, 7) is 11.1. The first-order valence-electron chi connectivity index (χ1n) is 12.3. The number of pyridine rings is 3. The Morgan fingerprint density at radius 3 is 2.65 bits per heavy atom. The standard InChI is InChI=1S/C28H27FN8/c1-17-14-37(16-33-17)24-13-31-11-22(18(24)2)34-19(3)27-25-23(35-27)12-32-28(26(25)29)21-8-20(9-30-10-21)15-36-6-4-5-7-36/h8-14,16,34H,3-7,15H2,1-2H3. The maximum atomic E-state index is 15.8. The highest BCUT2D eigenvalue weighted by molar-refractivity contribution is 5.74. The molecule has 186 valence electrons. The van der Waals surface area contributed by atoms with Crippen molar-refractivity contribution in [2.24, 2.45) is 4.99 Å².